The lowest BCUT2D eigenvalue weighted by atomic mass is 10.4. The number of unbranched alkanes of at least 4 members (excludes halogenated alkanes) is 1. The Hall–Kier alpha value is 0.470. The van der Waals surface area contributed by atoms with E-state index in [-0.39, 0.29) is 0 Å². The van der Waals surface area contributed by atoms with Crippen LogP contribution in [0.4, 0.5) is 0 Å². The fourth-order valence-electron chi connectivity index (χ4n) is 0.0891. The molecule has 0 aromatic heterocycles. The van der Waals surface area contributed by atoms with Crippen molar-refractivity contribution >= 4 is 27.7 Å². The van der Waals surface area contributed by atoms with Crippen LogP contribution < -0.4 is 4.34 Å². The quantitative estimate of drug-likeness (QED) is 0.730. The summed E-state index contributed by atoms with van der Waals surface area (Å²) in [6, 6.07) is 0. The van der Waals surface area contributed by atoms with E-state index in [0.29, 0.717) is 0 Å². The van der Waals surface area contributed by atoms with Gasteiger partial charge >= 0.3 is 0 Å². The minimum Gasteiger partial charge on any atom is -0.252 e. The molecule has 0 aliphatic heterocycles. The third-order valence-electron chi connectivity index (χ3n) is 0.784. The molecule has 0 radical (unpaired) electrons. The van der Waals surface area contributed by atoms with Crippen molar-refractivity contribution in [1.82, 2.24) is 4.34 Å². The smallest absolute Gasteiger partial charge is 0.0254 e. The molecule has 0 bridgehead atoms. The van der Waals surface area contributed by atoms with Crippen LogP contribution in [-0.2, 0) is 0 Å². The van der Waals surface area contributed by atoms with Gasteiger partial charge in [0.25, 0.3) is 0 Å². The molecule has 0 fully saturated rings. The summed E-state index contributed by atoms with van der Waals surface area (Å²) < 4.78 is 2.71. The monoisotopic (exact) mass is 227 g/mol. The van der Waals surface area contributed by atoms with E-state index in [0.717, 1.165) is 6.54 Å². The van der Waals surface area contributed by atoms with E-state index >= 15 is 0 Å². The fourth-order valence-corrected chi connectivity index (χ4v) is 0.365. The van der Waals surface area contributed by atoms with E-state index in [1.807, 2.05) is 0 Å². The molecular weight excluding hydrogens is 213 g/mol. The van der Waals surface area contributed by atoms with Gasteiger partial charge in [-0.2, -0.15) is 0 Å². The van der Waals surface area contributed by atoms with Gasteiger partial charge in [-0.05, 0) is 0 Å². The van der Waals surface area contributed by atoms with Crippen LogP contribution in [0.5, 0.6) is 0 Å². The molecule has 3 heteroatoms. The standard InChI is InChI=1S/C4H10.C3H5BrClN/c1-3-4-2;4-6-3-1-2-5/h3-4H2,1-2H3;1-2,6H,3H2. The van der Waals surface area contributed by atoms with Gasteiger partial charge in [0.2, 0.25) is 0 Å². The Morgan fingerprint density at radius 1 is 1.40 bits per heavy atom. The molecule has 0 rings (SSSR count). The maximum absolute atomic E-state index is 5.14. The van der Waals surface area contributed by atoms with Crippen molar-refractivity contribution in [3.8, 4) is 0 Å². The Morgan fingerprint density at radius 3 is 2.00 bits per heavy atom. The molecule has 0 atom stereocenters. The fraction of sp³-hybridized carbons (Fsp3) is 0.714. The maximum atomic E-state index is 5.14. The van der Waals surface area contributed by atoms with Crippen LogP contribution in [0.2, 0.25) is 0 Å². The first-order valence-electron chi connectivity index (χ1n) is 3.42. The average Bonchev–Trinajstić information content (AvgIpc) is 2.01. The summed E-state index contributed by atoms with van der Waals surface area (Å²) in [6.07, 6.45) is 4.43. The van der Waals surface area contributed by atoms with Crippen LogP contribution in [0.1, 0.15) is 26.7 Å². The third-order valence-corrected chi connectivity index (χ3v) is 1.29. The van der Waals surface area contributed by atoms with Crippen molar-refractivity contribution in [3.63, 3.8) is 0 Å². The molecule has 0 amide bonds. The van der Waals surface area contributed by atoms with Gasteiger partial charge in [0.15, 0.2) is 0 Å². The molecule has 1 N–H and O–H groups in total. The lowest BCUT2D eigenvalue weighted by molar-refractivity contribution is 0.886. The van der Waals surface area contributed by atoms with Gasteiger partial charge in [-0.15, -0.1) is 0 Å². The second kappa shape index (κ2) is 16.2. The first-order chi connectivity index (χ1) is 4.83. The Kier molecular flexibility index (Phi) is 21.2. The summed E-state index contributed by atoms with van der Waals surface area (Å²) in [7, 11) is 0. The second-order valence-corrected chi connectivity index (χ2v) is 2.51. The minimum atomic E-state index is 0.767. The van der Waals surface area contributed by atoms with Crippen LogP contribution in [0.15, 0.2) is 11.6 Å². The summed E-state index contributed by atoms with van der Waals surface area (Å²) in [4.78, 5) is 0. The second-order valence-electron chi connectivity index (χ2n) is 1.70. The summed E-state index contributed by atoms with van der Waals surface area (Å²) >= 11 is 8.13. The van der Waals surface area contributed by atoms with Gasteiger partial charge < -0.3 is 0 Å². The van der Waals surface area contributed by atoms with E-state index in [4.69, 9.17) is 11.6 Å². The van der Waals surface area contributed by atoms with Gasteiger partial charge in [-0.3, -0.25) is 4.34 Å². The lowest BCUT2D eigenvalue weighted by Gasteiger charge is -1.78. The molecule has 0 aromatic carbocycles. The molecule has 0 saturated heterocycles. The normalized spacial score (nSPS) is 9.20. The highest BCUT2D eigenvalue weighted by Gasteiger charge is 1.64. The lowest BCUT2D eigenvalue weighted by Crippen LogP contribution is -1.93. The third kappa shape index (κ3) is 23.7. The molecule has 10 heavy (non-hydrogen) atoms. The van der Waals surface area contributed by atoms with Crippen molar-refractivity contribution in [2.75, 3.05) is 6.54 Å². The average molecular weight is 229 g/mol. The Balaban J connectivity index is 0. The first-order valence-corrected chi connectivity index (χ1v) is 4.65. The largest absolute Gasteiger partial charge is 0.252 e. The Labute approximate surface area is 77.2 Å². The van der Waals surface area contributed by atoms with E-state index in [1.165, 1.54) is 18.4 Å². The number of halogens is 2. The van der Waals surface area contributed by atoms with Crippen molar-refractivity contribution in [3.05, 3.63) is 11.6 Å². The molecule has 0 aromatic rings. The maximum Gasteiger partial charge on any atom is 0.0254 e. The molecule has 0 saturated carbocycles. The Bertz CT molecular complexity index is 64.6. The summed E-state index contributed by atoms with van der Waals surface area (Å²) in [5.41, 5.74) is 1.47. The zero-order valence-electron chi connectivity index (χ0n) is 6.53. The van der Waals surface area contributed by atoms with Crippen LogP contribution in [-0.4, -0.2) is 6.54 Å². The zero-order chi connectivity index (χ0) is 8.24. The van der Waals surface area contributed by atoms with Crippen LogP contribution in [0.3, 0.4) is 0 Å². The topological polar surface area (TPSA) is 12.0 Å². The summed E-state index contributed by atoms with van der Waals surface area (Å²) in [6.45, 7) is 5.13. The molecule has 62 valence electrons. The molecule has 0 unspecified atom stereocenters. The van der Waals surface area contributed by atoms with Gasteiger partial charge in [0.1, 0.15) is 0 Å². The SMILES string of the molecule is CCCC.ClC=CCNBr. The molecule has 0 aliphatic carbocycles. The van der Waals surface area contributed by atoms with E-state index in [1.54, 1.807) is 6.08 Å². The Morgan fingerprint density at radius 2 is 1.90 bits per heavy atom. The van der Waals surface area contributed by atoms with Gasteiger partial charge in [-0.25, -0.2) is 0 Å². The molecule has 0 heterocycles. The molecule has 0 aliphatic rings. The van der Waals surface area contributed by atoms with Crippen LogP contribution in [0, 0.1) is 0 Å². The minimum absolute atomic E-state index is 0.767. The number of hydrogen-bond acceptors (Lipinski definition) is 1. The van der Waals surface area contributed by atoms with Crippen molar-refractivity contribution in [1.29, 1.82) is 0 Å². The predicted molar refractivity (Wildman–Crippen MR) is 52.5 cm³/mol. The van der Waals surface area contributed by atoms with Crippen molar-refractivity contribution in [2.24, 2.45) is 0 Å². The number of hydrogen-bond donors (Lipinski definition) is 1. The number of nitrogens with one attached hydrogen (secondary N) is 1. The highest BCUT2D eigenvalue weighted by atomic mass is 79.9. The number of rotatable bonds is 3. The van der Waals surface area contributed by atoms with Crippen LogP contribution in [0.25, 0.3) is 0 Å². The molecular formula is C7H15BrClN. The first kappa shape index (κ1) is 13.1. The summed E-state index contributed by atoms with van der Waals surface area (Å²) in [5, 5.41) is 0. The van der Waals surface area contributed by atoms with Gasteiger partial charge in [-0.1, -0.05) is 44.4 Å². The zero-order valence-corrected chi connectivity index (χ0v) is 8.87. The highest BCUT2D eigenvalue weighted by Crippen LogP contribution is 1.76. The molecule has 0 spiro atoms. The molecule has 1 nitrogen and oxygen atoms in total. The van der Waals surface area contributed by atoms with E-state index in [9.17, 15) is 0 Å². The van der Waals surface area contributed by atoms with Gasteiger partial charge in [0, 0.05) is 28.2 Å². The van der Waals surface area contributed by atoms with E-state index in [2.05, 4.69) is 34.3 Å². The van der Waals surface area contributed by atoms with Crippen molar-refractivity contribution in [2.45, 2.75) is 26.7 Å². The highest BCUT2D eigenvalue weighted by molar-refractivity contribution is 9.08. The summed E-state index contributed by atoms with van der Waals surface area (Å²) in [5.74, 6) is 0. The van der Waals surface area contributed by atoms with E-state index < -0.39 is 0 Å². The van der Waals surface area contributed by atoms with Gasteiger partial charge in [0.05, 0.1) is 0 Å². The van der Waals surface area contributed by atoms with Crippen LogP contribution >= 0.6 is 27.7 Å². The predicted octanol–water partition coefficient (Wildman–Crippen LogP) is 3.44. The van der Waals surface area contributed by atoms with Crippen molar-refractivity contribution < 1.29 is 0 Å².